The molecular weight excluding hydrogens is 466 g/mol. The van der Waals surface area contributed by atoms with Crippen LogP contribution in [0.1, 0.15) is 45.6 Å². The molecule has 1 rings (SSSR count). The minimum absolute atomic E-state index is 0.0314. The van der Waals surface area contributed by atoms with Gasteiger partial charge < -0.3 is 19.9 Å². The van der Waals surface area contributed by atoms with Gasteiger partial charge in [0.25, 0.3) is 10.1 Å². The molecule has 0 saturated carbocycles. The van der Waals surface area contributed by atoms with E-state index in [9.17, 15) is 22.8 Å². The van der Waals surface area contributed by atoms with E-state index in [1.165, 1.54) is 19.2 Å². The topological polar surface area (TPSA) is 145 Å². The predicted molar refractivity (Wildman–Crippen MR) is 123 cm³/mol. The Balaban J connectivity index is 2.84. The standard InChI is InChI=1S/C23H35NO9S/c1-6-17(13-18(21(27)32-12-11-25)14-23(3,4)22(28)31-5)20(26)24-15-33-34(29,30)19-9-7-16(2)8-10-19/h7-10,17-18,25H,6,11-15H2,1-5H3,(H,24,26). The van der Waals surface area contributed by atoms with Crippen molar-refractivity contribution in [1.29, 1.82) is 0 Å². The number of hydrogen-bond acceptors (Lipinski definition) is 9. The van der Waals surface area contributed by atoms with Gasteiger partial charge in [0.15, 0.2) is 0 Å². The first-order chi connectivity index (χ1) is 15.9. The lowest BCUT2D eigenvalue weighted by molar-refractivity contribution is -0.156. The van der Waals surface area contributed by atoms with Gasteiger partial charge in [0, 0.05) is 5.92 Å². The minimum atomic E-state index is -4.05. The number of aliphatic hydroxyl groups excluding tert-OH is 1. The molecule has 192 valence electrons. The number of carbonyl (C=O) groups excluding carboxylic acids is 3. The van der Waals surface area contributed by atoms with Crippen molar-refractivity contribution in [2.24, 2.45) is 17.3 Å². The maximum absolute atomic E-state index is 12.7. The van der Waals surface area contributed by atoms with Crippen LogP contribution in [0.15, 0.2) is 29.2 Å². The molecule has 0 heterocycles. The number of aliphatic hydroxyl groups is 1. The Morgan fingerprint density at radius 3 is 2.26 bits per heavy atom. The molecule has 0 spiro atoms. The van der Waals surface area contributed by atoms with Crippen LogP contribution in [0.25, 0.3) is 0 Å². The molecule has 2 atom stereocenters. The van der Waals surface area contributed by atoms with E-state index in [0.29, 0.717) is 6.42 Å². The van der Waals surface area contributed by atoms with Crippen molar-refractivity contribution in [3.8, 4) is 0 Å². The highest BCUT2D eigenvalue weighted by molar-refractivity contribution is 7.86. The van der Waals surface area contributed by atoms with E-state index in [2.05, 4.69) is 5.32 Å². The largest absolute Gasteiger partial charge is 0.469 e. The first kappa shape index (κ1) is 29.5. The van der Waals surface area contributed by atoms with E-state index < -0.39 is 51.9 Å². The summed E-state index contributed by atoms with van der Waals surface area (Å²) in [5.41, 5.74) is -0.127. The lowest BCUT2D eigenvalue weighted by Crippen LogP contribution is -2.37. The number of aryl methyl sites for hydroxylation is 1. The number of nitrogens with one attached hydrogen (secondary N) is 1. The zero-order chi connectivity index (χ0) is 25.9. The Labute approximate surface area is 201 Å². The van der Waals surface area contributed by atoms with Gasteiger partial charge in [-0.05, 0) is 52.2 Å². The van der Waals surface area contributed by atoms with Gasteiger partial charge in [0.1, 0.15) is 13.3 Å². The van der Waals surface area contributed by atoms with E-state index in [4.69, 9.17) is 18.8 Å². The second-order valence-corrected chi connectivity index (χ2v) is 10.2. The van der Waals surface area contributed by atoms with Gasteiger partial charge in [0.05, 0.1) is 29.9 Å². The Morgan fingerprint density at radius 1 is 1.12 bits per heavy atom. The van der Waals surface area contributed by atoms with Crippen LogP contribution in [-0.2, 0) is 38.2 Å². The molecule has 1 amide bonds. The fourth-order valence-electron chi connectivity index (χ4n) is 3.40. The molecule has 0 aliphatic carbocycles. The number of amides is 1. The molecule has 0 aliphatic rings. The number of carbonyl (C=O) groups is 3. The highest BCUT2D eigenvalue weighted by atomic mass is 32.2. The van der Waals surface area contributed by atoms with Crippen molar-refractivity contribution in [1.82, 2.24) is 5.32 Å². The number of hydrogen-bond donors (Lipinski definition) is 2. The molecular formula is C23H35NO9S. The lowest BCUT2D eigenvalue weighted by atomic mass is 9.78. The van der Waals surface area contributed by atoms with E-state index >= 15 is 0 Å². The monoisotopic (exact) mass is 501 g/mol. The van der Waals surface area contributed by atoms with Crippen molar-refractivity contribution in [3.63, 3.8) is 0 Å². The third kappa shape index (κ3) is 9.03. The number of methoxy groups -OCH3 is 1. The van der Waals surface area contributed by atoms with Crippen LogP contribution in [0.2, 0.25) is 0 Å². The summed E-state index contributed by atoms with van der Waals surface area (Å²) in [5.74, 6) is -3.16. The van der Waals surface area contributed by atoms with Crippen LogP contribution in [0, 0.1) is 24.2 Å². The predicted octanol–water partition coefficient (Wildman–Crippen LogP) is 1.93. The second-order valence-electron chi connectivity index (χ2n) is 8.58. The maximum Gasteiger partial charge on any atom is 0.311 e. The zero-order valence-corrected chi connectivity index (χ0v) is 21.1. The fraction of sp³-hybridized carbons (Fsp3) is 0.609. The van der Waals surface area contributed by atoms with Crippen LogP contribution in [-0.4, -0.2) is 58.4 Å². The Morgan fingerprint density at radius 2 is 1.74 bits per heavy atom. The molecule has 34 heavy (non-hydrogen) atoms. The molecule has 0 aliphatic heterocycles. The van der Waals surface area contributed by atoms with Gasteiger partial charge in [-0.2, -0.15) is 8.42 Å². The zero-order valence-electron chi connectivity index (χ0n) is 20.3. The summed E-state index contributed by atoms with van der Waals surface area (Å²) < 4.78 is 39.3. The molecule has 0 saturated heterocycles. The summed E-state index contributed by atoms with van der Waals surface area (Å²) in [4.78, 5) is 37.3. The van der Waals surface area contributed by atoms with Crippen molar-refractivity contribution < 1.29 is 41.6 Å². The van der Waals surface area contributed by atoms with Crippen LogP contribution in [0.5, 0.6) is 0 Å². The Hall–Kier alpha value is -2.50. The SMILES string of the molecule is CCC(CC(CC(C)(C)C(=O)OC)C(=O)OCCO)C(=O)NCOS(=O)(=O)c1ccc(C)cc1. The van der Waals surface area contributed by atoms with Crippen LogP contribution >= 0.6 is 0 Å². The molecule has 2 unspecified atom stereocenters. The minimum Gasteiger partial charge on any atom is -0.469 e. The number of esters is 2. The molecule has 2 N–H and O–H groups in total. The van der Waals surface area contributed by atoms with Crippen molar-refractivity contribution in [2.45, 2.75) is 51.9 Å². The summed E-state index contributed by atoms with van der Waals surface area (Å²) in [6, 6.07) is 6.08. The van der Waals surface area contributed by atoms with Gasteiger partial charge in [-0.25, -0.2) is 4.18 Å². The molecule has 10 nitrogen and oxygen atoms in total. The summed E-state index contributed by atoms with van der Waals surface area (Å²) in [6.07, 6.45) is 0.461. The van der Waals surface area contributed by atoms with Gasteiger partial charge in [-0.3, -0.25) is 14.4 Å². The highest BCUT2D eigenvalue weighted by Crippen LogP contribution is 2.32. The van der Waals surface area contributed by atoms with E-state index in [1.807, 2.05) is 6.92 Å². The maximum atomic E-state index is 12.7. The van der Waals surface area contributed by atoms with Crippen molar-refractivity contribution >= 4 is 28.0 Å². The number of ether oxygens (including phenoxy) is 2. The van der Waals surface area contributed by atoms with Gasteiger partial charge in [0.2, 0.25) is 5.91 Å². The van der Waals surface area contributed by atoms with Crippen LogP contribution < -0.4 is 5.32 Å². The smallest absolute Gasteiger partial charge is 0.311 e. The molecule has 0 aromatic heterocycles. The summed E-state index contributed by atoms with van der Waals surface area (Å²) in [5, 5.41) is 11.4. The molecule has 1 aromatic rings. The summed E-state index contributed by atoms with van der Waals surface area (Å²) in [6.45, 7) is 5.67. The van der Waals surface area contributed by atoms with Gasteiger partial charge >= 0.3 is 11.9 Å². The van der Waals surface area contributed by atoms with Crippen LogP contribution in [0.3, 0.4) is 0 Å². The molecule has 0 fully saturated rings. The van der Waals surface area contributed by atoms with E-state index in [0.717, 1.165) is 5.56 Å². The fourth-order valence-corrected chi connectivity index (χ4v) is 4.22. The second kappa shape index (κ2) is 13.4. The highest BCUT2D eigenvalue weighted by Gasteiger charge is 2.37. The van der Waals surface area contributed by atoms with Crippen molar-refractivity contribution in [3.05, 3.63) is 29.8 Å². The summed E-state index contributed by atoms with van der Waals surface area (Å²) >= 11 is 0. The number of rotatable bonds is 14. The van der Waals surface area contributed by atoms with Crippen molar-refractivity contribution in [2.75, 3.05) is 27.1 Å². The molecule has 0 radical (unpaired) electrons. The average Bonchev–Trinajstić information content (AvgIpc) is 2.79. The van der Waals surface area contributed by atoms with Crippen LogP contribution in [0.4, 0.5) is 0 Å². The Bertz CT molecular complexity index is 926. The van der Waals surface area contributed by atoms with Gasteiger partial charge in [-0.1, -0.05) is 24.6 Å². The third-order valence-electron chi connectivity index (χ3n) is 5.37. The quantitative estimate of drug-likeness (QED) is 0.222. The average molecular weight is 502 g/mol. The lowest BCUT2D eigenvalue weighted by Gasteiger charge is -2.28. The van der Waals surface area contributed by atoms with E-state index in [-0.39, 0.29) is 31.0 Å². The Kier molecular flexibility index (Phi) is 11.6. The molecule has 11 heteroatoms. The molecule has 1 aromatic carbocycles. The third-order valence-corrected chi connectivity index (χ3v) is 6.64. The normalized spacial score (nSPS) is 13.6. The first-order valence-corrected chi connectivity index (χ1v) is 12.4. The first-order valence-electron chi connectivity index (χ1n) is 11.0. The van der Waals surface area contributed by atoms with E-state index in [1.54, 1.807) is 32.9 Å². The number of benzene rings is 1. The summed E-state index contributed by atoms with van der Waals surface area (Å²) in [7, 11) is -2.81. The molecule has 0 bridgehead atoms. The van der Waals surface area contributed by atoms with Gasteiger partial charge in [-0.15, -0.1) is 0 Å².